The van der Waals surface area contributed by atoms with Crippen LogP contribution < -0.4 is 0 Å². The molecule has 21 heavy (non-hydrogen) atoms. The maximum absolute atomic E-state index is 12.8. The van der Waals surface area contributed by atoms with Crippen LogP contribution >= 0.6 is 11.5 Å². The molecule has 1 aliphatic carbocycles. The molecule has 0 aromatic carbocycles. The Bertz CT molecular complexity index is 543. The summed E-state index contributed by atoms with van der Waals surface area (Å²) in [5.74, 6) is 0.443. The van der Waals surface area contributed by atoms with Gasteiger partial charge in [-0.3, -0.25) is 9.59 Å². The molecule has 5 nitrogen and oxygen atoms in total. The predicted octanol–water partition coefficient (Wildman–Crippen LogP) is 2.46. The average molecular weight is 307 g/mol. The van der Waals surface area contributed by atoms with Gasteiger partial charge in [0.1, 0.15) is 10.7 Å². The van der Waals surface area contributed by atoms with Gasteiger partial charge in [-0.25, -0.2) is 0 Å². The molecule has 2 unspecified atom stereocenters. The van der Waals surface area contributed by atoms with Gasteiger partial charge in [-0.15, -0.1) is 5.10 Å². The van der Waals surface area contributed by atoms with Gasteiger partial charge in [-0.05, 0) is 43.6 Å². The first kappa shape index (κ1) is 14.6. The van der Waals surface area contributed by atoms with E-state index < -0.39 is 0 Å². The summed E-state index contributed by atoms with van der Waals surface area (Å²) >= 11 is 1.19. The molecule has 1 saturated carbocycles. The van der Waals surface area contributed by atoms with Gasteiger partial charge < -0.3 is 4.90 Å². The van der Waals surface area contributed by atoms with Crippen LogP contribution in [0.25, 0.3) is 0 Å². The van der Waals surface area contributed by atoms with Crippen LogP contribution in [0.5, 0.6) is 0 Å². The Morgan fingerprint density at radius 3 is 2.95 bits per heavy atom. The van der Waals surface area contributed by atoms with Crippen LogP contribution in [0.1, 0.15) is 60.8 Å². The second kappa shape index (κ2) is 6.22. The zero-order valence-electron chi connectivity index (χ0n) is 12.4. The summed E-state index contributed by atoms with van der Waals surface area (Å²) in [6.45, 7) is 2.83. The normalized spacial score (nSPS) is 25.8. The van der Waals surface area contributed by atoms with Crippen molar-refractivity contribution in [1.82, 2.24) is 14.5 Å². The van der Waals surface area contributed by atoms with E-state index in [1.54, 1.807) is 0 Å². The van der Waals surface area contributed by atoms with Gasteiger partial charge in [-0.1, -0.05) is 17.8 Å². The van der Waals surface area contributed by atoms with Gasteiger partial charge in [0.05, 0.1) is 5.69 Å². The molecular formula is C15H21N3O2S. The minimum absolute atomic E-state index is 0.0376. The molecule has 2 atom stereocenters. The Labute approximate surface area is 128 Å². The van der Waals surface area contributed by atoms with Gasteiger partial charge in [-0.2, -0.15) is 0 Å². The third-order valence-corrected chi connectivity index (χ3v) is 5.37. The number of carbonyl (C=O) groups excluding carboxylic acids is 2. The number of hydrogen-bond donors (Lipinski definition) is 0. The van der Waals surface area contributed by atoms with Crippen molar-refractivity contribution in [2.24, 2.45) is 5.92 Å². The van der Waals surface area contributed by atoms with Crippen molar-refractivity contribution in [2.45, 2.75) is 57.9 Å². The summed E-state index contributed by atoms with van der Waals surface area (Å²) in [4.78, 5) is 27.4. The lowest BCUT2D eigenvalue weighted by atomic mass is 9.95. The van der Waals surface area contributed by atoms with Crippen molar-refractivity contribution in [3.05, 3.63) is 10.6 Å². The molecule has 114 valence electrons. The van der Waals surface area contributed by atoms with E-state index in [2.05, 4.69) is 16.5 Å². The molecule has 1 aromatic heterocycles. The number of amides is 1. The minimum Gasteiger partial charge on any atom is -0.334 e. The highest BCUT2D eigenvalue weighted by Gasteiger charge is 2.41. The number of carbonyl (C=O) groups is 2. The van der Waals surface area contributed by atoms with Crippen LogP contribution in [0.4, 0.5) is 0 Å². The first-order valence-electron chi connectivity index (χ1n) is 7.87. The minimum atomic E-state index is 0.0376. The topological polar surface area (TPSA) is 63.2 Å². The standard InChI is InChI=1S/C15H21N3O2S/c1-2-5-11-14(21-17-16-11)15(20)18-9-4-7-12(18)10-6-3-8-13(10)19/h10,12H,2-9H2,1H3. The zero-order chi connectivity index (χ0) is 14.8. The van der Waals surface area contributed by atoms with E-state index in [0.29, 0.717) is 17.1 Å². The average Bonchev–Trinajstić information content (AvgIpc) is 3.17. The number of nitrogens with zero attached hydrogens (tertiary/aromatic N) is 3. The van der Waals surface area contributed by atoms with Gasteiger partial charge in [0.2, 0.25) is 0 Å². The van der Waals surface area contributed by atoms with Crippen molar-refractivity contribution in [2.75, 3.05) is 6.54 Å². The predicted molar refractivity (Wildman–Crippen MR) is 80.3 cm³/mol. The number of rotatable bonds is 4. The molecule has 0 bridgehead atoms. The maximum atomic E-state index is 12.8. The molecule has 6 heteroatoms. The Morgan fingerprint density at radius 2 is 2.24 bits per heavy atom. The van der Waals surface area contributed by atoms with E-state index in [4.69, 9.17) is 0 Å². The Balaban J connectivity index is 1.79. The van der Waals surface area contributed by atoms with E-state index in [1.807, 2.05) is 4.90 Å². The summed E-state index contributed by atoms with van der Waals surface area (Å²) in [6, 6.07) is 0.101. The second-order valence-electron chi connectivity index (χ2n) is 5.97. The maximum Gasteiger partial charge on any atom is 0.267 e. The van der Waals surface area contributed by atoms with Crippen LogP contribution in [0.15, 0.2) is 0 Å². The SMILES string of the molecule is CCCc1nnsc1C(=O)N1CCCC1C1CCCC1=O. The molecule has 1 amide bonds. The summed E-state index contributed by atoms with van der Waals surface area (Å²) < 4.78 is 3.95. The molecule has 2 heterocycles. The molecule has 1 aromatic rings. The molecule has 1 saturated heterocycles. The highest BCUT2D eigenvalue weighted by Crippen LogP contribution is 2.34. The van der Waals surface area contributed by atoms with Crippen LogP contribution in [0, 0.1) is 5.92 Å². The summed E-state index contributed by atoms with van der Waals surface area (Å²) in [5.41, 5.74) is 0.816. The van der Waals surface area contributed by atoms with Crippen molar-refractivity contribution < 1.29 is 9.59 Å². The van der Waals surface area contributed by atoms with E-state index in [0.717, 1.165) is 50.8 Å². The second-order valence-corrected chi connectivity index (χ2v) is 6.73. The molecule has 0 N–H and O–H groups in total. The largest absolute Gasteiger partial charge is 0.334 e. The fraction of sp³-hybridized carbons (Fsp3) is 0.733. The summed E-state index contributed by atoms with van der Waals surface area (Å²) in [6.07, 6.45) is 6.30. The van der Waals surface area contributed by atoms with Crippen LogP contribution in [0.3, 0.4) is 0 Å². The Morgan fingerprint density at radius 1 is 1.38 bits per heavy atom. The van der Waals surface area contributed by atoms with Crippen molar-refractivity contribution in [3.63, 3.8) is 0 Å². The van der Waals surface area contributed by atoms with Crippen LogP contribution in [-0.2, 0) is 11.2 Å². The molecular weight excluding hydrogens is 286 g/mol. The molecule has 3 rings (SSSR count). The van der Waals surface area contributed by atoms with Gasteiger partial charge in [0, 0.05) is 24.9 Å². The van der Waals surface area contributed by atoms with Crippen molar-refractivity contribution >= 4 is 23.2 Å². The number of hydrogen-bond acceptors (Lipinski definition) is 5. The monoisotopic (exact) mass is 307 g/mol. The lowest BCUT2D eigenvalue weighted by Crippen LogP contribution is -2.41. The first-order valence-corrected chi connectivity index (χ1v) is 8.64. The van der Waals surface area contributed by atoms with Crippen LogP contribution in [-0.4, -0.2) is 38.8 Å². The highest BCUT2D eigenvalue weighted by molar-refractivity contribution is 7.08. The molecule has 0 spiro atoms. The van der Waals surface area contributed by atoms with E-state index in [9.17, 15) is 9.59 Å². The smallest absolute Gasteiger partial charge is 0.267 e. The molecule has 2 aliphatic rings. The first-order chi connectivity index (χ1) is 10.2. The Kier molecular flexibility index (Phi) is 4.33. The number of aryl methyl sites for hydroxylation is 1. The lowest BCUT2D eigenvalue weighted by Gasteiger charge is -2.28. The van der Waals surface area contributed by atoms with Gasteiger partial charge in [0.15, 0.2) is 0 Å². The fourth-order valence-corrected chi connectivity index (χ4v) is 4.28. The van der Waals surface area contributed by atoms with Gasteiger partial charge in [0.25, 0.3) is 5.91 Å². The quantitative estimate of drug-likeness (QED) is 0.857. The number of ketones is 1. The van der Waals surface area contributed by atoms with E-state index in [-0.39, 0.29) is 17.9 Å². The van der Waals surface area contributed by atoms with Crippen LogP contribution in [0.2, 0.25) is 0 Å². The number of likely N-dealkylation sites (tertiary alicyclic amines) is 1. The fourth-order valence-electron chi connectivity index (χ4n) is 3.61. The zero-order valence-corrected chi connectivity index (χ0v) is 13.2. The Hall–Kier alpha value is -1.30. The summed E-state index contributed by atoms with van der Waals surface area (Å²) in [5, 5.41) is 4.09. The van der Waals surface area contributed by atoms with Crippen molar-refractivity contribution in [3.8, 4) is 0 Å². The van der Waals surface area contributed by atoms with E-state index >= 15 is 0 Å². The molecule has 1 aliphatic heterocycles. The van der Waals surface area contributed by atoms with Crippen molar-refractivity contribution in [1.29, 1.82) is 0 Å². The number of aromatic nitrogens is 2. The molecule has 2 fully saturated rings. The lowest BCUT2D eigenvalue weighted by molar-refractivity contribution is -0.121. The highest BCUT2D eigenvalue weighted by atomic mass is 32.1. The third kappa shape index (κ3) is 2.73. The van der Waals surface area contributed by atoms with E-state index in [1.165, 1.54) is 11.5 Å². The third-order valence-electron chi connectivity index (χ3n) is 4.61. The summed E-state index contributed by atoms with van der Waals surface area (Å²) in [7, 11) is 0. The van der Waals surface area contributed by atoms with Gasteiger partial charge >= 0.3 is 0 Å². The number of Topliss-reactive ketones (excluding diaryl/α,β-unsaturated/α-hetero) is 1. The molecule has 0 radical (unpaired) electrons.